The zero-order valence-electron chi connectivity index (χ0n) is 22.9. The largest absolute Gasteiger partial charge is 0.350 e. The van der Waals surface area contributed by atoms with Crippen LogP contribution in [0.15, 0.2) is 78.9 Å². The van der Waals surface area contributed by atoms with E-state index in [4.69, 9.17) is 5.73 Å². The third-order valence-electron chi connectivity index (χ3n) is 6.25. The molecule has 8 nitrogen and oxygen atoms in total. The summed E-state index contributed by atoms with van der Waals surface area (Å²) in [5.41, 5.74) is 10.4. The summed E-state index contributed by atoms with van der Waals surface area (Å²) in [6, 6.07) is 24.8. The first-order chi connectivity index (χ1) is 18.6. The van der Waals surface area contributed by atoms with Gasteiger partial charge in [-0.1, -0.05) is 78.9 Å². The number of rotatable bonds is 12. The van der Waals surface area contributed by atoms with Crippen molar-refractivity contribution in [2.75, 3.05) is 7.05 Å². The summed E-state index contributed by atoms with van der Waals surface area (Å²) < 4.78 is 0. The van der Waals surface area contributed by atoms with Crippen LogP contribution in [0.4, 0.5) is 4.79 Å². The van der Waals surface area contributed by atoms with E-state index in [2.05, 4.69) is 21.3 Å². The molecule has 0 aliphatic carbocycles. The van der Waals surface area contributed by atoms with Crippen LogP contribution >= 0.6 is 0 Å². The highest BCUT2D eigenvalue weighted by molar-refractivity contribution is 5.88. The molecule has 1 atom stereocenters. The Labute approximate surface area is 230 Å². The van der Waals surface area contributed by atoms with Gasteiger partial charge in [-0.3, -0.25) is 9.59 Å². The second kappa shape index (κ2) is 14.1. The Kier molecular flexibility index (Phi) is 10.6. The van der Waals surface area contributed by atoms with Crippen LogP contribution in [0.25, 0.3) is 11.1 Å². The van der Waals surface area contributed by atoms with Crippen molar-refractivity contribution in [2.45, 2.75) is 57.8 Å². The van der Waals surface area contributed by atoms with E-state index in [-0.39, 0.29) is 24.3 Å². The number of carbonyl (C=O) groups is 3. The number of hydrogen-bond acceptors (Lipinski definition) is 4. The first-order valence-electron chi connectivity index (χ1n) is 13.2. The van der Waals surface area contributed by atoms with Crippen LogP contribution in [0, 0.1) is 0 Å². The third-order valence-corrected chi connectivity index (χ3v) is 6.25. The molecular weight excluding hydrogens is 490 g/mol. The van der Waals surface area contributed by atoms with Crippen LogP contribution in [0.5, 0.6) is 0 Å². The van der Waals surface area contributed by atoms with Crippen LogP contribution in [0.3, 0.4) is 0 Å². The second-order valence-corrected chi connectivity index (χ2v) is 10.3. The Balaban J connectivity index is 1.64. The molecule has 3 rings (SSSR count). The average Bonchev–Trinajstić information content (AvgIpc) is 2.92. The molecule has 0 aromatic heterocycles. The van der Waals surface area contributed by atoms with E-state index in [0.717, 1.165) is 27.8 Å². The monoisotopic (exact) mass is 529 g/mol. The second-order valence-electron chi connectivity index (χ2n) is 10.3. The number of amides is 4. The number of aryl methyl sites for hydroxylation is 1. The van der Waals surface area contributed by atoms with Gasteiger partial charge in [-0.25, -0.2) is 4.79 Å². The van der Waals surface area contributed by atoms with Gasteiger partial charge in [0, 0.05) is 32.1 Å². The highest BCUT2D eigenvalue weighted by Crippen LogP contribution is 2.24. The molecule has 206 valence electrons. The van der Waals surface area contributed by atoms with E-state index >= 15 is 0 Å². The standard InChI is InChI=1S/C31H39N5O3/c1-31(2,32)19-28(37)36-27(18-15-22-9-5-4-6-10-22)29(38)34-20-23-13-16-24(17-14-23)26-12-8-7-11-25(26)21-35-30(39)33-3/h4-14,16-17,27H,15,18-21,32H2,1-3H3,(H,34,38)(H,36,37)(H2,33,35,39)/t27-/m1/s1. The Morgan fingerprint density at radius 2 is 1.49 bits per heavy atom. The van der Waals surface area contributed by atoms with Gasteiger partial charge in [0.15, 0.2) is 0 Å². The molecule has 0 radical (unpaired) electrons. The van der Waals surface area contributed by atoms with Gasteiger partial charge in [0.2, 0.25) is 11.8 Å². The van der Waals surface area contributed by atoms with Crippen molar-refractivity contribution in [1.82, 2.24) is 21.3 Å². The summed E-state index contributed by atoms with van der Waals surface area (Å²) >= 11 is 0. The van der Waals surface area contributed by atoms with Crippen molar-refractivity contribution in [3.8, 4) is 11.1 Å². The van der Waals surface area contributed by atoms with Gasteiger partial charge in [0.1, 0.15) is 6.04 Å². The predicted octanol–water partition coefficient (Wildman–Crippen LogP) is 3.64. The van der Waals surface area contributed by atoms with Crippen molar-refractivity contribution in [3.63, 3.8) is 0 Å². The number of carbonyl (C=O) groups excluding carboxylic acids is 3. The lowest BCUT2D eigenvalue weighted by Crippen LogP contribution is -2.49. The maximum Gasteiger partial charge on any atom is 0.314 e. The van der Waals surface area contributed by atoms with Gasteiger partial charge in [-0.2, -0.15) is 0 Å². The Morgan fingerprint density at radius 1 is 0.821 bits per heavy atom. The average molecular weight is 530 g/mol. The summed E-state index contributed by atoms with van der Waals surface area (Å²) in [5.74, 6) is -0.478. The number of nitrogens with two attached hydrogens (primary N) is 1. The molecule has 0 saturated heterocycles. The van der Waals surface area contributed by atoms with Gasteiger partial charge < -0.3 is 27.0 Å². The van der Waals surface area contributed by atoms with Gasteiger partial charge in [0.25, 0.3) is 0 Å². The first kappa shape index (κ1) is 29.4. The van der Waals surface area contributed by atoms with Gasteiger partial charge in [-0.15, -0.1) is 0 Å². The first-order valence-corrected chi connectivity index (χ1v) is 13.2. The SMILES string of the molecule is CNC(=O)NCc1ccccc1-c1ccc(CNC(=O)[C@@H](CCc2ccccc2)NC(=O)CC(C)(C)N)cc1. The smallest absolute Gasteiger partial charge is 0.314 e. The molecule has 4 amide bonds. The molecule has 39 heavy (non-hydrogen) atoms. The van der Waals surface area contributed by atoms with Gasteiger partial charge in [-0.05, 0) is 54.5 Å². The van der Waals surface area contributed by atoms with Crippen LogP contribution in [0.2, 0.25) is 0 Å². The molecule has 0 unspecified atom stereocenters. The highest BCUT2D eigenvalue weighted by Gasteiger charge is 2.23. The van der Waals surface area contributed by atoms with E-state index in [1.807, 2.05) is 78.9 Å². The van der Waals surface area contributed by atoms with Gasteiger partial charge >= 0.3 is 6.03 Å². The normalized spacial score (nSPS) is 11.8. The summed E-state index contributed by atoms with van der Waals surface area (Å²) in [4.78, 5) is 37.3. The number of nitrogens with one attached hydrogen (secondary N) is 4. The molecular formula is C31H39N5O3. The van der Waals surface area contributed by atoms with Crippen molar-refractivity contribution in [2.24, 2.45) is 5.73 Å². The van der Waals surface area contributed by atoms with Crippen LogP contribution in [0.1, 0.15) is 43.4 Å². The predicted molar refractivity (Wildman–Crippen MR) is 155 cm³/mol. The Bertz CT molecular complexity index is 1240. The van der Waals surface area contributed by atoms with Crippen molar-refractivity contribution in [1.29, 1.82) is 0 Å². The number of benzene rings is 3. The van der Waals surface area contributed by atoms with Gasteiger partial charge in [0.05, 0.1) is 0 Å². The number of urea groups is 1. The maximum absolute atomic E-state index is 13.1. The van der Waals surface area contributed by atoms with Crippen molar-refractivity contribution >= 4 is 17.8 Å². The molecule has 8 heteroatoms. The molecule has 3 aromatic rings. The summed E-state index contributed by atoms with van der Waals surface area (Å²) in [6.07, 6.45) is 1.27. The van der Waals surface area contributed by atoms with Crippen molar-refractivity contribution in [3.05, 3.63) is 95.6 Å². The Morgan fingerprint density at radius 3 is 2.15 bits per heavy atom. The van der Waals surface area contributed by atoms with E-state index in [9.17, 15) is 14.4 Å². The summed E-state index contributed by atoms with van der Waals surface area (Å²) in [6.45, 7) is 4.31. The fraction of sp³-hybridized carbons (Fsp3) is 0.323. The fourth-order valence-corrected chi connectivity index (χ4v) is 4.22. The Hall–Kier alpha value is -4.17. The van der Waals surface area contributed by atoms with Crippen LogP contribution in [-0.2, 0) is 29.1 Å². The molecule has 6 N–H and O–H groups in total. The van der Waals surface area contributed by atoms with Crippen LogP contribution < -0.4 is 27.0 Å². The van der Waals surface area contributed by atoms with Crippen molar-refractivity contribution < 1.29 is 14.4 Å². The molecule has 0 fully saturated rings. The van der Waals surface area contributed by atoms with Crippen LogP contribution in [-0.4, -0.2) is 36.5 Å². The number of hydrogen-bond donors (Lipinski definition) is 5. The topological polar surface area (TPSA) is 125 Å². The quantitative estimate of drug-likeness (QED) is 0.246. The zero-order chi connectivity index (χ0) is 28.3. The molecule has 0 saturated carbocycles. The summed E-state index contributed by atoms with van der Waals surface area (Å²) in [7, 11) is 1.58. The van der Waals surface area contributed by atoms with E-state index in [1.54, 1.807) is 20.9 Å². The third kappa shape index (κ3) is 9.90. The molecule has 0 bridgehead atoms. The zero-order valence-corrected chi connectivity index (χ0v) is 22.9. The molecule has 3 aromatic carbocycles. The molecule has 0 aliphatic rings. The lowest BCUT2D eigenvalue weighted by Gasteiger charge is -2.22. The van der Waals surface area contributed by atoms with E-state index in [0.29, 0.717) is 25.9 Å². The minimum absolute atomic E-state index is 0.129. The lowest BCUT2D eigenvalue weighted by atomic mass is 9.98. The minimum atomic E-state index is -0.668. The lowest BCUT2D eigenvalue weighted by molar-refractivity contribution is -0.129. The fourth-order valence-electron chi connectivity index (χ4n) is 4.22. The van der Waals surface area contributed by atoms with E-state index in [1.165, 1.54) is 0 Å². The molecule has 0 spiro atoms. The summed E-state index contributed by atoms with van der Waals surface area (Å²) in [5, 5.41) is 11.2. The highest BCUT2D eigenvalue weighted by atomic mass is 16.2. The molecule has 0 aliphatic heterocycles. The molecule has 0 heterocycles. The van der Waals surface area contributed by atoms with E-state index < -0.39 is 11.6 Å². The maximum atomic E-state index is 13.1. The minimum Gasteiger partial charge on any atom is -0.350 e.